The van der Waals surface area contributed by atoms with E-state index in [1.165, 1.54) is 0 Å². The van der Waals surface area contributed by atoms with Crippen LogP contribution >= 0.6 is 0 Å². The Morgan fingerprint density at radius 2 is 2.19 bits per heavy atom. The van der Waals surface area contributed by atoms with Crippen LogP contribution in [-0.2, 0) is 6.42 Å². The SMILES string of the molecule is CC(C)Cc1cc(C(=O)N2CCCC2c2nc(-c3ccccn3)no2)on1. The maximum absolute atomic E-state index is 12.9. The molecule has 1 amide bonds. The monoisotopic (exact) mass is 367 g/mol. The van der Waals surface area contributed by atoms with Gasteiger partial charge in [0, 0.05) is 18.8 Å². The second kappa shape index (κ2) is 7.30. The first kappa shape index (κ1) is 17.4. The number of hydrogen-bond donors (Lipinski definition) is 0. The Morgan fingerprint density at radius 3 is 2.96 bits per heavy atom. The summed E-state index contributed by atoms with van der Waals surface area (Å²) in [6, 6.07) is 6.97. The molecule has 8 nitrogen and oxygen atoms in total. The molecule has 0 aliphatic carbocycles. The molecule has 3 aromatic heterocycles. The normalized spacial score (nSPS) is 17.0. The summed E-state index contributed by atoms with van der Waals surface area (Å²) < 4.78 is 10.7. The minimum absolute atomic E-state index is 0.197. The molecule has 1 fully saturated rings. The molecule has 0 saturated carbocycles. The van der Waals surface area contributed by atoms with E-state index >= 15 is 0 Å². The topological polar surface area (TPSA) is 98.2 Å². The first-order valence-electron chi connectivity index (χ1n) is 9.13. The van der Waals surface area contributed by atoms with E-state index in [4.69, 9.17) is 9.05 Å². The van der Waals surface area contributed by atoms with Crippen molar-refractivity contribution in [2.75, 3.05) is 6.54 Å². The predicted octanol–water partition coefficient (Wildman–Crippen LogP) is 3.30. The van der Waals surface area contributed by atoms with Gasteiger partial charge in [-0.15, -0.1) is 0 Å². The van der Waals surface area contributed by atoms with Crippen LogP contribution < -0.4 is 0 Å². The fourth-order valence-electron chi connectivity index (χ4n) is 3.30. The highest BCUT2D eigenvalue weighted by Gasteiger charge is 2.36. The lowest BCUT2D eigenvalue weighted by Crippen LogP contribution is -2.30. The van der Waals surface area contributed by atoms with Crippen molar-refractivity contribution >= 4 is 5.91 Å². The molecule has 8 heteroatoms. The van der Waals surface area contributed by atoms with Gasteiger partial charge >= 0.3 is 0 Å². The van der Waals surface area contributed by atoms with Crippen LogP contribution in [0.5, 0.6) is 0 Å². The predicted molar refractivity (Wildman–Crippen MR) is 95.6 cm³/mol. The van der Waals surface area contributed by atoms with Gasteiger partial charge in [0.2, 0.25) is 17.5 Å². The van der Waals surface area contributed by atoms with E-state index in [2.05, 4.69) is 34.1 Å². The summed E-state index contributed by atoms with van der Waals surface area (Å²) in [6.45, 7) is 4.81. The number of hydrogen-bond acceptors (Lipinski definition) is 7. The van der Waals surface area contributed by atoms with Gasteiger partial charge in [-0.3, -0.25) is 9.78 Å². The van der Waals surface area contributed by atoms with Crippen LogP contribution in [0, 0.1) is 5.92 Å². The van der Waals surface area contributed by atoms with E-state index < -0.39 is 0 Å². The summed E-state index contributed by atoms with van der Waals surface area (Å²) >= 11 is 0. The third kappa shape index (κ3) is 3.60. The van der Waals surface area contributed by atoms with Crippen LogP contribution in [0.1, 0.15) is 54.9 Å². The highest BCUT2D eigenvalue weighted by Crippen LogP contribution is 2.33. The number of rotatable bonds is 5. The molecule has 4 heterocycles. The zero-order chi connectivity index (χ0) is 18.8. The summed E-state index contributed by atoms with van der Waals surface area (Å²) in [5.74, 6) is 1.34. The second-order valence-electron chi connectivity index (χ2n) is 7.11. The average Bonchev–Trinajstić information content (AvgIpc) is 3.41. The fraction of sp³-hybridized carbons (Fsp3) is 0.421. The zero-order valence-electron chi connectivity index (χ0n) is 15.3. The maximum atomic E-state index is 12.9. The Labute approximate surface area is 156 Å². The number of likely N-dealkylation sites (tertiary alicyclic amines) is 1. The number of nitrogens with zero attached hydrogens (tertiary/aromatic N) is 5. The Balaban J connectivity index is 1.53. The number of amides is 1. The summed E-state index contributed by atoms with van der Waals surface area (Å²) in [4.78, 5) is 23.3. The third-order valence-corrected chi connectivity index (χ3v) is 4.52. The Bertz CT molecular complexity index is 918. The molecular weight excluding hydrogens is 346 g/mol. The molecule has 1 atom stereocenters. The van der Waals surface area contributed by atoms with Crippen LogP contribution in [0.3, 0.4) is 0 Å². The standard InChI is InChI=1S/C19H21N5O3/c1-12(2)10-13-11-16(26-22-13)19(25)24-9-5-7-15(24)18-21-17(23-27-18)14-6-3-4-8-20-14/h3-4,6,8,11-12,15H,5,7,9-10H2,1-2H3. The molecule has 0 bridgehead atoms. The number of carbonyl (C=O) groups is 1. The lowest BCUT2D eigenvalue weighted by atomic mass is 10.1. The van der Waals surface area contributed by atoms with Crippen molar-refractivity contribution in [2.45, 2.75) is 39.2 Å². The molecule has 0 spiro atoms. The van der Waals surface area contributed by atoms with E-state index in [9.17, 15) is 4.79 Å². The average molecular weight is 367 g/mol. The van der Waals surface area contributed by atoms with Gasteiger partial charge in [0.15, 0.2) is 0 Å². The summed E-state index contributed by atoms with van der Waals surface area (Å²) in [6.07, 6.45) is 4.08. The van der Waals surface area contributed by atoms with Crippen LogP contribution in [0.15, 0.2) is 39.5 Å². The maximum Gasteiger partial charge on any atom is 0.293 e. The summed E-state index contributed by atoms with van der Waals surface area (Å²) in [5.41, 5.74) is 1.43. The van der Waals surface area contributed by atoms with Crippen molar-refractivity contribution in [3.8, 4) is 11.5 Å². The molecule has 1 saturated heterocycles. The van der Waals surface area contributed by atoms with E-state index in [-0.39, 0.29) is 17.7 Å². The fourth-order valence-corrected chi connectivity index (χ4v) is 3.30. The van der Waals surface area contributed by atoms with Crippen LogP contribution in [-0.4, -0.2) is 37.6 Å². The quantitative estimate of drug-likeness (QED) is 0.682. The van der Waals surface area contributed by atoms with Gasteiger partial charge in [-0.25, -0.2) is 0 Å². The van der Waals surface area contributed by atoms with Gasteiger partial charge in [0.05, 0.1) is 5.69 Å². The van der Waals surface area contributed by atoms with Crippen molar-refractivity contribution in [3.05, 3.63) is 47.8 Å². The van der Waals surface area contributed by atoms with E-state index in [0.29, 0.717) is 29.9 Å². The lowest BCUT2D eigenvalue weighted by molar-refractivity contribution is 0.0668. The van der Waals surface area contributed by atoms with Crippen LogP contribution in [0.2, 0.25) is 0 Å². The number of aromatic nitrogens is 4. The first-order chi connectivity index (χ1) is 13.1. The molecule has 1 aliphatic heterocycles. The molecule has 140 valence electrons. The molecule has 27 heavy (non-hydrogen) atoms. The Kier molecular flexibility index (Phi) is 4.70. The van der Waals surface area contributed by atoms with Crippen molar-refractivity contribution in [3.63, 3.8) is 0 Å². The van der Waals surface area contributed by atoms with Gasteiger partial charge in [-0.1, -0.05) is 30.2 Å². The Hall–Kier alpha value is -3.03. The highest BCUT2D eigenvalue weighted by molar-refractivity contribution is 5.91. The minimum Gasteiger partial charge on any atom is -0.351 e. The molecule has 1 aliphatic rings. The van der Waals surface area contributed by atoms with Crippen molar-refractivity contribution < 1.29 is 13.8 Å². The molecule has 1 unspecified atom stereocenters. The summed E-state index contributed by atoms with van der Waals surface area (Å²) in [5, 5.41) is 8.02. The van der Waals surface area contributed by atoms with Gasteiger partial charge in [0.1, 0.15) is 11.7 Å². The minimum atomic E-state index is -0.263. The Morgan fingerprint density at radius 1 is 1.30 bits per heavy atom. The second-order valence-corrected chi connectivity index (χ2v) is 7.11. The van der Waals surface area contributed by atoms with E-state index in [0.717, 1.165) is 25.0 Å². The molecule has 0 radical (unpaired) electrons. The van der Waals surface area contributed by atoms with Crippen LogP contribution in [0.25, 0.3) is 11.5 Å². The largest absolute Gasteiger partial charge is 0.351 e. The third-order valence-electron chi connectivity index (χ3n) is 4.52. The van der Waals surface area contributed by atoms with Crippen molar-refractivity contribution in [2.24, 2.45) is 5.92 Å². The van der Waals surface area contributed by atoms with Gasteiger partial charge < -0.3 is 13.9 Å². The van der Waals surface area contributed by atoms with Crippen molar-refractivity contribution in [1.82, 2.24) is 25.2 Å². The highest BCUT2D eigenvalue weighted by atomic mass is 16.5. The molecule has 3 aromatic rings. The zero-order valence-corrected chi connectivity index (χ0v) is 15.3. The van der Waals surface area contributed by atoms with Gasteiger partial charge in [-0.2, -0.15) is 4.98 Å². The first-order valence-corrected chi connectivity index (χ1v) is 9.13. The summed E-state index contributed by atoms with van der Waals surface area (Å²) in [7, 11) is 0. The number of carbonyl (C=O) groups excluding carboxylic acids is 1. The molecule has 0 N–H and O–H groups in total. The lowest BCUT2D eigenvalue weighted by Gasteiger charge is -2.20. The van der Waals surface area contributed by atoms with Crippen molar-refractivity contribution in [1.29, 1.82) is 0 Å². The van der Waals surface area contributed by atoms with E-state index in [1.807, 2.05) is 18.2 Å². The molecule has 0 aromatic carbocycles. The van der Waals surface area contributed by atoms with E-state index in [1.54, 1.807) is 17.2 Å². The smallest absolute Gasteiger partial charge is 0.293 e. The molecular formula is C19H21N5O3. The number of pyridine rings is 1. The van der Waals surface area contributed by atoms with Gasteiger partial charge in [-0.05, 0) is 37.3 Å². The van der Waals surface area contributed by atoms with Crippen LogP contribution in [0.4, 0.5) is 0 Å². The molecule has 4 rings (SSSR count). The van der Waals surface area contributed by atoms with Gasteiger partial charge in [0.25, 0.3) is 5.91 Å².